The number of hydrogen-bond donors (Lipinski definition) is 1. The summed E-state index contributed by atoms with van der Waals surface area (Å²) < 4.78 is 0. The van der Waals surface area contributed by atoms with Crippen LogP contribution in [0.4, 0.5) is 0 Å². The van der Waals surface area contributed by atoms with Crippen LogP contribution < -0.4 is 5.73 Å². The zero-order valence-electron chi connectivity index (χ0n) is 14.3. The highest BCUT2D eigenvalue weighted by molar-refractivity contribution is 5.80. The second-order valence-corrected chi connectivity index (χ2v) is 7.04. The molecule has 4 atom stereocenters. The molecular weight excluding hydrogens is 286 g/mol. The molecule has 23 heavy (non-hydrogen) atoms. The van der Waals surface area contributed by atoms with E-state index < -0.39 is 0 Å². The first kappa shape index (κ1) is 16.5. The maximum absolute atomic E-state index is 13.1. The van der Waals surface area contributed by atoms with Crippen molar-refractivity contribution in [3.63, 3.8) is 0 Å². The van der Waals surface area contributed by atoms with E-state index in [9.17, 15) is 4.79 Å². The molecule has 2 aliphatic rings. The number of likely N-dealkylation sites (N-methyl/N-ethyl adjacent to an activating group) is 1. The Hall–Kier alpha value is -1.39. The maximum Gasteiger partial charge on any atom is 0.227 e. The molecule has 2 saturated heterocycles. The number of benzene rings is 1. The van der Waals surface area contributed by atoms with Gasteiger partial charge in [0.1, 0.15) is 0 Å². The summed E-state index contributed by atoms with van der Waals surface area (Å²) in [6, 6.07) is 10.6. The lowest BCUT2D eigenvalue weighted by atomic mass is 9.93. The lowest BCUT2D eigenvalue weighted by Gasteiger charge is -2.33. The van der Waals surface area contributed by atoms with E-state index in [4.69, 9.17) is 5.73 Å². The number of hydrogen-bond acceptors (Lipinski definition) is 3. The number of nitrogens with zero attached hydrogens (tertiary/aromatic N) is 2. The van der Waals surface area contributed by atoms with Crippen molar-refractivity contribution in [2.45, 2.75) is 51.2 Å². The molecule has 2 fully saturated rings. The molecular formula is C19H29N3O. The van der Waals surface area contributed by atoms with Crippen molar-refractivity contribution < 1.29 is 4.79 Å². The molecule has 0 radical (unpaired) electrons. The van der Waals surface area contributed by atoms with Gasteiger partial charge in [0.05, 0.1) is 5.92 Å². The van der Waals surface area contributed by atoms with Crippen LogP contribution in [-0.2, 0) is 4.79 Å². The molecule has 2 N–H and O–H groups in total. The fourth-order valence-corrected chi connectivity index (χ4v) is 4.14. The first-order valence-corrected chi connectivity index (χ1v) is 8.96. The van der Waals surface area contributed by atoms with Crippen molar-refractivity contribution in [2.24, 2.45) is 11.7 Å². The molecule has 1 aromatic carbocycles. The van der Waals surface area contributed by atoms with Gasteiger partial charge in [-0.3, -0.25) is 4.79 Å². The third-order valence-electron chi connectivity index (χ3n) is 5.68. The van der Waals surface area contributed by atoms with Crippen LogP contribution in [0.2, 0.25) is 0 Å². The van der Waals surface area contributed by atoms with E-state index in [0.29, 0.717) is 12.1 Å². The third kappa shape index (κ3) is 3.29. The van der Waals surface area contributed by atoms with Crippen molar-refractivity contribution >= 4 is 5.91 Å². The molecule has 0 aliphatic carbocycles. The summed E-state index contributed by atoms with van der Waals surface area (Å²) in [6.07, 6.45) is 3.39. The molecule has 2 aliphatic heterocycles. The van der Waals surface area contributed by atoms with Crippen molar-refractivity contribution in [3.05, 3.63) is 35.9 Å². The predicted molar refractivity (Wildman–Crippen MR) is 92.9 cm³/mol. The van der Waals surface area contributed by atoms with Gasteiger partial charge in [-0.1, -0.05) is 44.2 Å². The van der Waals surface area contributed by atoms with Gasteiger partial charge in [0, 0.05) is 31.2 Å². The van der Waals surface area contributed by atoms with Crippen LogP contribution in [0.15, 0.2) is 30.3 Å². The van der Waals surface area contributed by atoms with Crippen LogP contribution in [0, 0.1) is 5.92 Å². The second kappa shape index (κ2) is 7.02. The van der Waals surface area contributed by atoms with Crippen LogP contribution in [-0.4, -0.2) is 47.4 Å². The van der Waals surface area contributed by atoms with Gasteiger partial charge in [-0.2, -0.15) is 0 Å². The van der Waals surface area contributed by atoms with Crippen LogP contribution in [0.5, 0.6) is 0 Å². The van der Waals surface area contributed by atoms with E-state index in [1.165, 1.54) is 0 Å². The maximum atomic E-state index is 13.1. The number of carbonyl (C=O) groups is 1. The Bertz CT molecular complexity index is 533. The van der Waals surface area contributed by atoms with Crippen LogP contribution >= 0.6 is 0 Å². The molecule has 4 unspecified atom stereocenters. The van der Waals surface area contributed by atoms with Crippen LogP contribution in [0.3, 0.4) is 0 Å². The summed E-state index contributed by atoms with van der Waals surface area (Å²) in [6.45, 7) is 7.40. The van der Waals surface area contributed by atoms with Gasteiger partial charge in [0.2, 0.25) is 5.91 Å². The Morgan fingerprint density at radius 1 is 1.22 bits per heavy atom. The molecule has 0 aromatic heterocycles. The van der Waals surface area contributed by atoms with Crippen molar-refractivity contribution in [1.29, 1.82) is 0 Å². The summed E-state index contributed by atoms with van der Waals surface area (Å²) in [7, 11) is 0. The predicted octanol–water partition coefficient (Wildman–Crippen LogP) is 2.41. The quantitative estimate of drug-likeness (QED) is 0.928. The number of rotatable bonds is 4. The number of fused-ring (bicyclic) bond motifs is 2. The van der Waals surface area contributed by atoms with E-state index in [1.807, 2.05) is 37.3 Å². The molecule has 2 bridgehead atoms. The molecule has 0 saturated carbocycles. The van der Waals surface area contributed by atoms with Gasteiger partial charge in [-0.15, -0.1) is 0 Å². The van der Waals surface area contributed by atoms with Gasteiger partial charge in [0.15, 0.2) is 0 Å². The topological polar surface area (TPSA) is 49.6 Å². The van der Waals surface area contributed by atoms with Crippen molar-refractivity contribution in [1.82, 2.24) is 9.80 Å². The normalized spacial score (nSPS) is 27.5. The average Bonchev–Trinajstić information content (AvgIpc) is 2.88. The molecule has 126 valence electrons. The molecule has 3 rings (SSSR count). The average molecular weight is 315 g/mol. The van der Waals surface area contributed by atoms with Crippen LogP contribution in [0.25, 0.3) is 0 Å². The first-order chi connectivity index (χ1) is 11.1. The van der Waals surface area contributed by atoms with Crippen molar-refractivity contribution in [3.8, 4) is 0 Å². The highest BCUT2D eigenvalue weighted by Crippen LogP contribution is 2.33. The summed E-state index contributed by atoms with van der Waals surface area (Å²) in [5.74, 6) is 0.0699. The zero-order valence-corrected chi connectivity index (χ0v) is 14.3. The second-order valence-electron chi connectivity index (χ2n) is 7.04. The summed E-state index contributed by atoms with van der Waals surface area (Å²) in [5, 5.41) is 0. The Kier molecular flexibility index (Phi) is 5.02. The monoisotopic (exact) mass is 315 g/mol. The molecule has 2 heterocycles. The summed E-state index contributed by atoms with van der Waals surface area (Å²) >= 11 is 0. The van der Waals surface area contributed by atoms with Gasteiger partial charge in [0.25, 0.3) is 0 Å². The Morgan fingerprint density at radius 2 is 1.91 bits per heavy atom. The Labute approximate surface area is 139 Å². The molecule has 1 aromatic rings. The Morgan fingerprint density at radius 3 is 2.61 bits per heavy atom. The number of nitrogens with two attached hydrogens (primary N) is 1. The van der Waals surface area contributed by atoms with E-state index in [0.717, 1.165) is 44.5 Å². The smallest absolute Gasteiger partial charge is 0.227 e. The zero-order chi connectivity index (χ0) is 16.4. The van der Waals surface area contributed by atoms with Gasteiger partial charge < -0.3 is 15.5 Å². The van der Waals surface area contributed by atoms with E-state index >= 15 is 0 Å². The molecule has 4 nitrogen and oxygen atoms in total. The van der Waals surface area contributed by atoms with Crippen LogP contribution in [0.1, 0.15) is 44.7 Å². The SMILES string of the molecule is CCN1CCC2CCC(C1)N2C(=O)C(C)C(N)c1ccccc1. The molecule has 4 heteroatoms. The minimum atomic E-state index is -0.228. The van der Waals surface area contributed by atoms with Gasteiger partial charge in [-0.05, 0) is 31.4 Å². The van der Waals surface area contributed by atoms with E-state index in [-0.39, 0.29) is 17.9 Å². The first-order valence-electron chi connectivity index (χ1n) is 8.96. The number of amides is 1. The number of carbonyl (C=O) groups excluding carboxylic acids is 1. The molecule has 0 spiro atoms. The minimum absolute atomic E-state index is 0.173. The fourth-order valence-electron chi connectivity index (χ4n) is 4.14. The Balaban J connectivity index is 1.74. The highest BCUT2D eigenvalue weighted by Gasteiger charge is 2.42. The van der Waals surface area contributed by atoms with Crippen molar-refractivity contribution in [2.75, 3.05) is 19.6 Å². The van der Waals surface area contributed by atoms with E-state index in [1.54, 1.807) is 0 Å². The highest BCUT2D eigenvalue weighted by atomic mass is 16.2. The largest absolute Gasteiger partial charge is 0.335 e. The molecule has 1 amide bonds. The standard InChI is InChI=1S/C19H29N3O/c1-3-21-12-11-16-9-10-17(13-21)22(16)19(23)14(2)18(20)15-7-5-4-6-8-15/h4-8,14,16-18H,3,9-13,20H2,1-2H3. The fraction of sp³-hybridized carbons (Fsp3) is 0.632. The van der Waals surface area contributed by atoms with Gasteiger partial charge in [-0.25, -0.2) is 0 Å². The minimum Gasteiger partial charge on any atom is -0.335 e. The summed E-state index contributed by atoms with van der Waals surface area (Å²) in [5.41, 5.74) is 7.44. The lowest BCUT2D eigenvalue weighted by Crippen LogP contribution is -2.47. The number of likely N-dealkylation sites (tertiary alicyclic amines) is 1. The third-order valence-corrected chi connectivity index (χ3v) is 5.68. The lowest BCUT2D eigenvalue weighted by molar-refractivity contribution is -0.138. The van der Waals surface area contributed by atoms with E-state index in [2.05, 4.69) is 16.7 Å². The van der Waals surface area contributed by atoms with Gasteiger partial charge >= 0.3 is 0 Å². The summed E-state index contributed by atoms with van der Waals surface area (Å²) in [4.78, 5) is 17.8.